The van der Waals surface area contributed by atoms with Crippen molar-refractivity contribution >= 4 is 35.0 Å². The van der Waals surface area contributed by atoms with Crippen molar-refractivity contribution in [2.45, 2.75) is 31.5 Å². The van der Waals surface area contributed by atoms with Crippen LogP contribution in [0.4, 0.5) is 5.69 Å². The number of hydrogen-bond donors (Lipinski definition) is 1. The fourth-order valence-electron chi connectivity index (χ4n) is 2.38. The van der Waals surface area contributed by atoms with Crippen molar-refractivity contribution in [2.24, 2.45) is 0 Å². The highest BCUT2D eigenvalue weighted by molar-refractivity contribution is 7.99. The molecule has 0 bridgehead atoms. The highest BCUT2D eigenvalue weighted by Crippen LogP contribution is 2.26. The van der Waals surface area contributed by atoms with E-state index in [1.165, 1.54) is 11.8 Å². The second-order valence-electron chi connectivity index (χ2n) is 5.61. The lowest BCUT2D eigenvalue weighted by atomic mass is 10.3. The van der Waals surface area contributed by atoms with Gasteiger partial charge in [-0.05, 0) is 30.7 Å². The summed E-state index contributed by atoms with van der Waals surface area (Å²) in [6.07, 6.45) is 3.65. The van der Waals surface area contributed by atoms with Gasteiger partial charge in [0, 0.05) is 6.54 Å². The van der Waals surface area contributed by atoms with Crippen LogP contribution in [0.3, 0.4) is 0 Å². The molecule has 1 aromatic carbocycles. The molecule has 0 saturated carbocycles. The second-order valence-corrected chi connectivity index (χ2v) is 6.96. The Kier molecular flexibility index (Phi) is 6.35. The Morgan fingerprint density at radius 2 is 2.12 bits per heavy atom. The summed E-state index contributed by atoms with van der Waals surface area (Å²) in [5, 5.41) is 12.5. The summed E-state index contributed by atoms with van der Waals surface area (Å²) in [7, 11) is 0. The van der Waals surface area contributed by atoms with E-state index < -0.39 is 0 Å². The molecular formula is C18H19ClN4O2S. The molecule has 2 heterocycles. The normalized spacial score (nSPS) is 10.8. The Hall–Kier alpha value is -2.25. The molecule has 0 aliphatic heterocycles. The minimum atomic E-state index is -0.146. The van der Waals surface area contributed by atoms with Gasteiger partial charge in [-0.2, -0.15) is 0 Å². The number of nitrogens with zero attached hydrogens (tertiary/aromatic N) is 3. The van der Waals surface area contributed by atoms with Crippen molar-refractivity contribution in [1.82, 2.24) is 14.8 Å². The number of para-hydroxylation sites is 1. The van der Waals surface area contributed by atoms with E-state index in [1.807, 2.05) is 28.8 Å². The monoisotopic (exact) mass is 390 g/mol. The summed E-state index contributed by atoms with van der Waals surface area (Å²) in [6, 6.07) is 10.8. The summed E-state index contributed by atoms with van der Waals surface area (Å²) in [5.74, 6) is 1.42. The van der Waals surface area contributed by atoms with Crippen molar-refractivity contribution in [3.05, 3.63) is 47.7 Å². The number of hydrogen-bond acceptors (Lipinski definition) is 5. The van der Waals surface area contributed by atoms with Crippen molar-refractivity contribution in [2.75, 3.05) is 11.1 Å². The maximum Gasteiger partial charge on any atom is 0.234 e. The van der Waals surface area contributed by atoms with Gasteiger partial charge in [0.25, 0.3) is 0 Å². The molecule has 0 aliphatic carbocycles. The highest BCUT2D eigenvalue weighted by Gasteiger charge is 2.17. The van der Waals surface area contributed by atoms with Crippen LogP contribution in [0, 0.1) is 0 Å². The number of halogens is 1. The maximum atomic E-state index is 12.2. The molecule has 0 atom stereocenters. The molecule has 1 N–H and O–H groups in total. The van der Waals surface area contributed by atoms with E-state index in [1.54, 1.807) is 18.4 Å². The fraction of sp³-hybridized carbons (Fsp3) is 0.278. The molecule has 3 aromatic rings. The number of aromatic nitrogens is 3. The predicted molar refractivity (Wildman–Crippen MR) is 103 cm³/mol. The number of unbranched alkanes of at least 4 members (excludes halogenated alkanes) is 1. The predicted octanol–water partition coefficient (Wildman–Crippen LogP) is 4.72. The van der Waals surface area contributed by atoms with Crippen molar-refractivity contribution in [3.8, 4) is 11.6 Å². The third-order valence-corrected chi connectivity index (χ3v) is 4.97. The number of carbonyl (C=O) groups excluding carboxylic acids is 1. The Labute approximate surface area is 160 Å². The third-order valence-electron chi connectivity index (χ3n) is 3.67. The SMILES string of the molecule is CCCCn1c(SCC(=O)Nc2ccccc2Cl)nnc1-c1ccco1. The van der Waals surface area contributed by atoms with Gasteiger partial charge >= 0.3 is 0 Å². The number of rotatable bonds is 8. The quantitative estimate of drug-likeness (QED) is 0.563. The first-order valence-electron chi connectivity index (χ1n) is 8.33. The molecule has 0 saturated heterocycles. The summed E-state index contributed by atoms with van der Waals surface area (Å²) < 4.78 is 7.44. The van der Waals surface area contributed by atoms with Crippen molar-refractivity contribution < 1.29 is 9.21 Å². The topological polar surface area (TPSA) is 73.0 Å². The standard InChI is InChI=1S/C18H19ClN4O2S/c1-2-3-10-23-17(15-9-6-11-25-15)21-22-18(23)26-12-16(24)20-14-8-5-4-7-13(14)19/h4-9,11H,2-3,10,12H2,1H3,(H,20,24). The number of nitrogens with one attached hydrogen (secondary N) is 1. The zero-order valence-corrected chi connectivity index (χ0v) is 15.9. The smallest absolute Gasteiger partial charge is 0.234 e. The second kappa shape index (κ2) is 8.91. The average molecular weight is 391 g/mol. The third kappa shape index (κ3) is 4.47. The van der Waals surface area contributed by atoms with Crippen LogP contribution >= 0.6 is 23.4 Å². The number of benzene rings is 1. The Morgan fingerprint density at radius 1 is 1.27 bits per heavy atom. The van der Waals surface area contributed by atoms with E-state index in [-0.39, 0.29) is 11.7 Å². The number of carbonyl (C=O) groups is 1. The Bertz CT molecular complexity index is 864. The van der Waals surface area contributed by atoms with Crippen LogP contribution in [0.2, 0.25) is 5.02 Å². The summed E-state index contributed by atoms with van der Waals surface area (Å²) in [5.41, 5.74) is 0.600. The number of amides is 1. The molecule has 3 rings (SSSR count). The Morgan fingerprint density at radius 3 is 2.85 bits per heavy atom. The van der Waals surface area contributed by atoms with Gasteiger partial charge in [-0.25, -0.2) is 0 Å². The molecule has 6 nitrogen and oxygen atoms in total. The fourth-order valence-corrected chi connectivity index (χ4v) is 3.33. The first-order chi connectivity index (χ1) is 12.7. The molecule has 0 fully saturated rings. The van der Waals surface area contributed by atoms with E-state index in [0.29, 0.717) is 27.5 Å². The molecule has 136 valence electrons. The van der Waals surface area contributed by atoms with Crippen LogP contribution in [0.5, 0.6) is 0 Å². The van der Waals surface area contributed by atoms with Gasteiger partial charge in [-0.15, -0.1) is 10.2 Å². The zero-order chi connectivity index (χ0) is 18.4. The van der Waals surface area contributed by atoms with Gasteiger partial charge < -0.3 is 9.73 Å². The van der Waals surface area contributed by atoms with E-state index in [4.69, 9.17) is 16.0 Å². The van der Waals surface area contributed by atoms with Crippen LogP contribution in [-0.4, -0.2) is 26.4 Å². The molecule has 1 amide bonds. The summed E-state index contributed by atoms with van der Waals surface area (Å²) >= 11 is 7.41. The minimum absolute atomic E-state index is 0.146. The first kappa shape index (κ1) is 18.5. The number of thioether (sulfide) groups is 1. The summed E-state index contributed by atoms with van der Waals surface area (Å²) in [6.45, 7) is 2.90. The van der Waals surface area contributed by atoms with Crippen molar-refractivity contribution in [1.29, 1.82) is 0 Å². The lowest BCUT2D eigenvalue weighted by Gasteiger charge is -2.09. The zero-order valence-electron chi connectivity index (χ0n) is 14.3. The van der Waals surface area contributed by atoms with E-state index in [9.17, 15) is 4.79 Å². The van der Waals surface area contributed by atoms with E-state index in [0.717, 1.165) is 19.4 Å². The van der Waals surface area contributed by atoms with Crippen LogP contribution in [0.25, 0.3) is 11.6 Å². The van der Waals surface area contributed by atoms with Crippen LogP contribution < -0.4 is 5.32 Å². The largest absolute Gasteiger partial charge is 0.461 e. The van der Waals surface area contributed by atoms with Gasteiger partial charge in [0.1, 0.15) is 0 Å². The maximum absolute atomic E-state index is 12.2. The lowest BCUT2D eigenvalue weighted by Crippen LogP contribution is -2.15. The van der Waals surface area contributed by atoms with Gasteiger partial charge in [0.05, 0.1) is 22.7 Å². The molecular weight excluding hydrogens is 372 g/mol. The van der Waals surface area contributed by atoms with E-state index >= 15 is 0 Å². The molecule has 0 unspecified atom stereocenters. The van der Waals surface area contributed by atoms with Gasteiger partial charge in [-0.3, -0.25) is 9.36 Å². The average Bonchev–Trinajstić information content (AvgIpc) is 3.29. The van der Waals surface area contributed by atoms with Gasteiger partial charge in [0.2, 0.25) is 5.91 Å². The Balaban J connectivity index is 1.69. The molecule has 2 aromatic heterocycles. The molecule has 0 spiro atoms. The first-order valence-corrected chi connectivity index (χ1v) is 9.69. The molecule has 0 radical (unpaired) electrons. The van der Waals surface area contributed by atoms with Gasteiger partial charge in [-0.1, -0.05) is 48.8 Å². The van der Waals surface area contributed by atoms with Gasteiger partial charge in [0.15, 0.2) is 16.7 Å². The van der Waals surface area contributed by atoms with Crippen molar-refractivity contribution in [3.63, 3.8) is 0 Å². The number of anilines is 1. The highest BCUT2D eigenvalue weighted by atomic mass is 35.5. The molecule has 8 heteroatoms. The molecule has 26 heavy (non-hydrogen) atoms. The van der Waals surface area contributed by atoms with Crippen LogP contribution in [-0.2, 0) is 11.3 Å². The molecule has 0 aliphatic rings. The van der Waals surface area contributed by atoms with Crippen LogP contribution in [0.15, 0.2) is 52.2 Å². The summed E-state index contributed by atoms with van der Waals surface area (Å²) in [4.78, 5) is 12.2. The minimum Gasteiger partial charge on any atom is -0.461 e. The van der Waals surface area contributed by atoms with Crippen LogP contribution in [0.1, 0.15) is 19.8 Å². The number of furan rings is 1. The van der Waals surface area contributed by atoms with E-state index in [2.05, 4.69) is 22.4 Å². The lowest BCUT2D eigenvalue weighted by molar-refractivity contribution is -0.113.